The van der Waals surface area contributed by atoms with Crippen molar-refractivity contribution in [3.05, 3.63) is 0 Å². The van der Waals surface area contributed by atoms with Crippen LogP contribution < -0.4 is 5.73 Å². The smallest absolute Gasteiger partial charge is 0.00685 e. The number of nitrogens with two attached hydrogens (primary N) is 1. The molecule has 66 valence electrons. The van der Waals surface area contributed by atoms with Crippen molar-refractivity contribution in [1.29, 1.82) is 0 Å². The van der Waals surface area contributed by atoms with Crippen LogP contribution in [0.4, 0.5) is 0 Å². The molecule has 0 spiro atoms. The van der Waals surface area contributed by atoms with Gasteiger partial charge in [-0.25, -0.2) is 0 Å². The summed E-state index contributed by atoms with van der Waals surface area (Å²) in [5.41, 5.74) is 5.42. The summed E-state index contributed by atoms with van der Waals surface area (Å²) in [5.74, 6) is 2.42. The summed E-state index contributed by atoms with van der Waals surface area (Å²) in [5, 5.41) is 1.90. The van der Waals surface area contributed by atoms with E-state index in [1.54, 1.807) is 0 Å². The third-order valence-corrected chi connectivity index (χ3v) is 4.44. The summed E-state index contributed by atoms with van der Waals surface area (Å²) in [6, 6.07) is 0. The Hall–Kier alpha value is 0.660. The second-order valence-electron chi connectivity index (χ2n) is 2.83. The monoisotopic (exact) mass is 191 g/mol. The van der Waals surface area contributed by atoms with Crippen LogP contribution in [-0.2, 0) is 0 Å². The van der Waals surface area contributed by atoms with Crippen LogP contribution in [0.1, 0.15) is 19.8 Å². The maximum atomic E-state index is 5.42. The van der Waals surface area contributed by atoms with Gasteiger partial charge in [-0.3, -0.25) is 0 Å². The predicted octanol–water partition coefficient (Wildman–Crippen LogP) is 1.96. The molecule has 3 heteroatoms. The van der Waals surface area contributed by atoms with Crippen LogP contribution in [-0.4, -0.2) is 28.6 Å². The van der Waals surface area contributed by atoms with Gasteiger partial charge < -0.3 is 5.73 Å². The Labute approximate surface area is 77.9 Å². The topological polar surface area (TPSA) is 26.0 Å². The van der Waals surface area contributed by atoms with Crippen LogP contribution in [0.5, 0.6) is 0 Å². The van der Waals surface area contributed by atoms with Gasteiger partial charge >= 0.3 is 0 Å². The lowest BCUT2D eigenvalue weighted by atomic mass is 9.99. The minimum absolute atomic E-state index is 0.840. The van der Waals surface area contributed by atoms with Crippen molar-refractivity contribution >= 4 is 23.5 Å². The summed E-state index contributed by atoms with van der Waals surface area (Å²) in [6.07, 6.45) is 2.84. The largest absolute Gasteiger partial charge is 0.330 e. The van der Waals surface area contributed by atoms with Crippen molar-refractivity contribution in [2.75, 3.05) is 18.1 Å². The molecular weight excluding hydrogens is 174 g/mol. The van der Waals surface area contributed by atoms with E-state index >= 15 is 0 Å². The van der Waals surface area contributed by atoms with Crippen molar-refractivity contribution in [1.82, 2.24) is 0 Å². The fraction of sp³-hybridized carbons (Fsp3) is 1.00. The first-order valence-corrected chi connectivity index (χ1v) is 6.39. The Morgan fingerprint density at radius 1 is 1.27 bits per heavy atom. The second kappa shape index (κ2) is 5.33. The SMILES string of the molecule is CCSC1CC(SCCN)C1. The van der Waals surface area contributed by atoms with E-state index in [0.717, 1.165) is 22.8 Å². The Morgan fingerprint density at radius 3 is 2.45 bits per heavy atom. The highest BCUT2D eigenvalue weighted by Crippen LogP contribution is 2.38. The molecule has 1 fully saturated rings. The number of hydrogen-bond acceptors (Lipinski definition) is 3. The summed E-state index contributed by atoms with van der Waals surface area (Å²) in [6.45, 7) is 3.08. The van der Waals surface area contributed by atoms with E-state index < -0.39 is 0 Å². The molecule has 2 N–H and O–H groups in total. The fourth-order valence-electron chi connectivity index (χ4n) is 1.26. The molecule has 0 aromatic heterocycles. The average molecular weight is 191 g/mol. The molecule has 0 atom stereocenters. The van der Waals surface area contributed by atoms with Gasteiger partial charge in [0, 0.05) is 22.8 Å². The van der Waals surface area contributed by atoms with E-state index in [1.165, 1.54) is 18.6 Å². The van der Waals surface area contributed by atoms with E-state index in [0.29, 0.717) is 0 Å². The van der Waals surface area contributed by atoms with Gasteiger partial charge in [0.2, 0.25) is 0 Å². The Bertz CT molecular complexity index is 102. The molecule has 1 saturated carbocycles. The molecular formula is C8H17NS2. The Morgan fingerprint density at radius 2 is 1.91 bits per heavy atom. The van der Waals surface area contributed by atoms with Crippen LogP contribution >= 0.6 is 23.5 Å². The van der Waals surface area contributed by atoms with E-state index in [4.69, 9.17) is 5.73 Å². The third kappa shape index (κ3) is 3.26. The predicted molar refractivity (Wildman–Crippen MR) is 56.5 cm³/mol. The first-order chi connectivity index (χ1) is 5.36. The van der Waals surface area contributed by atoms with Crippen molar-refractivity contribution < 1.29 is 0 Å². The maximum absolute atomic E-state index is 5.42. The lowest BCUT2D eigenvalue weighted by molar-refractivity contribution is 0.540. The highest BCUT2D eigenvalue weighted by atomic mass is 32.2. The molecule has 0 aliphatic heterocycles. The van der Waals surface area contributed by atoms with Crippen LogP contribution in [0, 0.1) is 0 Å². The first-order valence-electron chi connectivity index (χ1n) is 4.30. The zero-order chi connectivity index (χ0) is 8.10. The summed E-state index contributed by atoms with van der Waals surface area (Å²) >= 11 is 4.17. The molecule has 11 heavy (non-hydrogen) atoms. The van der Waals surface area contributed by atoms with Crippen molar-refractivity contribution in [3.63, 3.8) is 0 Å². The average Bonchev–Trinajstić information content (AvgIpc) is 1.94. The molecule has 1 aliphatic carbocycles. The number of thioether (sulfide) groups is 2. The van der Waals surface area contributed by atoms with Crippen molar-refractivity contribution in [2.24, 2.45) is 5.73 Å². The lowest BCUT2D eigenvalue weighted by Crippen LogP contribution is -2.29. The van der Waals surface area contributed by atoms with E-state index in [2.05, 4.69) is 30.4 Å². The van der Waals surface area contributed by atoms with Gasteiger partial charge in [-0.05, 0) is 18.6 Å². The summed E-state index contributed by atoms with van der Waals surface area (Å²) < 4.78 is 0. The molecule has 0 saturated heterocycles. The van der Waals surface area contributed by atoms with Crippen LogP contribution in [0.15, 0.2) is 0 Å². The highest BCUT2D eigenvalue weighted by molar-refractivity contribution is 8.01. The Kier molecular flexibility index (Phi) is 4.72. The molecule has 1 aliphatic rings. The van der Waals surface area contributed by atoms with Gasteiger partial charge in [-0.2, -0.15) is 23.5 Å². The van der Waals surface area contributed by atoms with Crippen molar-refractivity contribution in [3.8, 4) is 0 Å². The van der Waals surface area contributed by atoms with Crippen LogP contribution in [0.3, 0.4) is 0 Å². The van der Waals surface area contributed by atoms with Crippen molar-refractivity contribution in [2.45, 2.75) is 30.3 Å². The van der Waals surface area contributed by atoms with Gasteiger partial charge in [-0.15, -0.1) is 0 Å². The first kappa shape index (κ1) is 9.75. The van der Waals surface area contributed by atoms with Gasteiger partial charge in [0.25, 0.3) is 0 Å². The minimum Gasteiger partial charge on any atom is -0.330 e. The van der Waals surface area contributed by atoms with E-state index in [1.807, 2.05) is 0 Å². The molecule has 0 amide bonds. The molecule has 0 unspecified atom stereocenters. The van der Waals surface area contributed by atoms with Crippen LogP contribution in [0.25, 0.3) is 0 Å². The summed E-state index contributed by atoms with van der Waals surface area (Å²) in [7, 11) is 0. The van der Waals surface area contributed by atoms with Gasteiger partial charge in [0.15, 0.2) is 0 Å². The lowest BCUT2D eigenvalue weighted by Gasteiger charge is -2.34. The second-order valence-corrected chi connectivity index (χ2v) is 5.82. The van der Waals surface area contributed by atoms with E-state index in [9.17, 15) is 0 Å². The summed E-state index contributed by atoms with van der Waals surface area (Å²) in [4.78, 5) is 0. The molecule has 0 aromatic rings. The number of hydrogen-bond donors (Lipinski definition) is 1. The van der Waals surface area contributed by atoms with Gasteiger partial charge in [0.1, 0.15) is 0 Å². The molecule has 1 rings (SSSR count). The molecule has 0 aromatic carbocycles. The quantitative estimate of drug-likeness (QED) is 0.719. The normalized spacial score (nSPS) is 30.0. The molecule has 1 nitrogen and oxygen atoms in total. The zero-order valence-corrected chi connectivity index (χ0v) is 8.72. The highest BCUT2D eigenvalue weighted by Gasteiger charge is 2.28. The third-order valence-electron chi connectivity index (χ3n) is 1.93. The number of rotatable bonds is 5. The van der Waals surface area contributed by atoms with Gasteiger partial charge in [0.05, 0.1) is 0 Å². The standard InChI is InChI=1S/C8H17NS2/c1-2-10-7-5-8(6-7)11-4-3-9/h7-8H,2-6,9H2,1H3. The van der Waals surface area contributed by atoms with E-state index in [-0.39, 0.29) is 0 Å². The minimum atomic E-state index is 0.840. The molecule has 0 radical (unpaired) electrons. The maximum Gasteiger partial charge on any atom is 0.00685 e. The molecule has 0 bridgehead atoms. The van der Waals surface area contributed by atoms with Crippen LogP contribution in [0.2, 0.25) is 0 Å². The van der Waals surface area contributed by atoms with Gasteiger partial charge in [-0.1, -0.05) is 6.92 Å². The zero-order valence-electron chi connectivity index (χ0n) is 7.08. The molecule has 0 heterocycles. The fourth-order valence-corrected chi connectivity index (χ4v) is 3.92. The Balaban J connectivity index is 1.92.